The lowest BCUT2D eigenvalue weighted by atomic mass is 10.4. The summed E-state index contributed by atoms with van der Waals surface area (Å²) in [5.74, 6) is 2.36. The van der Waals surface area contributed by atoms with Gasteiger partial charge in [-0.25, -0.2) is 8.42 Å². The van der Waals surface area contributed by atoms with Crippen molar-refractivity contribution >= 4 is 43.7 Å². The van der Waals surface area contributed by atoms with Gasteiger partial charge >= 0.3 is 0 Å². The van der Waals surface area contributed by atoms with Crippen LogP contribution in [0.1, 0.15) is 12.8 Å². The maximum atomic E-state index is 10.3. The third kappa shape index (κ3) is 16.4. The summed E-state index contributed by atoms with van der Waals surface area (Å²) in [6.07, 6.45) is 9.07. The average Bonchev–Trinajstić information content (AvgIpc) is 2.29. The van der Waals surface area contributed by atoms with Gasteiger partial charge in [-0.1, -0.05) is 45.9 Å². The van der Waals surface area contributed by atoms with E-state index in [9.17, 15) is 8.42 Å². The second kappa shape index (κ2) is 13.8. The van der Waals surface area contributed by atoms with Crippen LogP contribution >= 0.6 is 21.6 Å². The Morgan fingerprint density at radius 1 is 0.778 bits per heavy atom. The fourth-order valence-corrected chi connectivity index (χ4v) is 3.47. The Morgan fingerprint density at radius 2 is 1.17 bits per heavy atom. The molecule has 0 heterocycles. The molecule has 0 aliphatic rings. The molecule has 8 heteroatoms. The van der Waals surface area contributed by atoms with Gasteiger partial charge in [0.2, 0.25) is 0 Å². The van der Waals surface area contributed by atoms with E-state index < -0.39 is 22.2 Å². The zero-order valence-corrected chi connectivity index (χ0v) is 13.2. The van der Waals surface area contributed by atoms with E-state index in [0.717, 1.165) is 24.3 Å². The lowest BCUT2D eigenvalue weighted by Crippen LogP contribution is -1.89. The molecular formula is C10H18O4S4. The molecule has 0 radical (unpaired) electrons. The Kier molecular flexibility index (Phi) is 14.1. The Bertz CT molecular complexity index is 274. The first-order valence-electron chi connectivity index (χ1n) is 5.32. The summed E-state index contributed by atoms with van der Waals surface area (Å²) in [4.78, 5) is 0. The molecule has 0 aliphatic heterocycles. The minimum Gasteiger partial charge on any atom is -0.306 e. The van der Waals surface area contributed by atoms with Crippen molar-refractivity contribution in [3.63, 3.8) is 0 Å². The monoisotopic (exact) mass is 330 g/mol. The van der Waals surface area contributed by atoms with E-state index in [2.05, 4.69) is 0 Å². The molecule has 0 fully saturated rings. The normalized spacial score (nSPS) is 15.4. The van der Waals surface area contributed by atoms with Crippen LogP contribution < -0.4 is 0 Å². The van der Waals surface area contributed by atoms with Crippen molar-refractivity contribution in [2.45, 2.75) is 12.8 Å². The van der Waals surface area contributed by atoms with Gasteiger partial charge in [0.05, 0.1) is 11.5 Å². The highest BCUT2D eigenvalue weighted by Crippen LogP contribution is 2.22. The van der Waals surface area contributed by atoms with Crippen LogP contribution in [-0.4, -0.2) is 40.5 Å². The minimum absolute atomic E-state index is 0.203. The zero-order valence-electron chi connectivity index (χ0n) is 9.90. The van der Waals surface area contributed by atoms with Crippen molar-refractivity contribution in [1.29, 1.82) is 0 Å². The smallest absolute Gasteiger partial charge is 0.156 e. The second-order valence-corrected chi connectivity index (χ2v) is 7.80. The molecular weight excluding hydrogens is 312 g/mol. The first kappa shape index (κ1) is 18.4. The van der Waals surface area contributed by atoms with E-state index in [-0.39, 0.29) is 11.5 Å². The molecule has 0 saturated heterocycles. The van der Waals surface area contributed by atoms with Gasteiger partial charge in [0.1, 0.15) is 0 Å². The summed E-state index contributed by atoms with van der Waals surface area (Å²) >= 11 is -3.46. The largest absolute Gasteiger partial charge is 0.306 e. The van der Waals surface area contributed by atoms with Crippen LogP contribution in [0.2, 0.25) is 0 Å². The van der Waals surface area contributed by atoms with Crippen molar-refractivity contribution in [3.05, 3.63) is 24.3 Å². The minimum atomic E-state index is -1.73. The molecule has 0 aromatic rings. The summed E-state index contributed by atoms with van der Waals surface area (Å²) in [6.45, 7) is 0. The second-order valence-electron chi connectivity index (χ2n) is 3.14. The molecule has 0 aromatic heterocycles. The van der Waals surface area contributed by atoms with E-state index >= 15 is 0 Å². The summed E-state index contributed by atoms with van der Waals surface area (Å²) in [5, 5.41) is 0. The maximum Gasteiger partial charge on any atom is 0.156 e. The van der Waals surface area contributed by atoms with Crippen molar-refractivity contribution in [1.82, 2.24) is 0 Å². The van der Waals surface area contributed by atoms with Crippen LogP contribution in [0.5, 0.6) is 0 Å². The molecule has 2 unspecified atom stereocenters. The molecule has 0 aromatic carbocycles. The molecule has 4 nitrogen and oxygen atoms in total. The van der Waals surface area contributed by atoms with Gasteiger partial charge in [-0.2, -0.15) is 0 Å². The van der Waals surface area contributed by atoms with E-state index in [1.807, 2.05) is 12.2 Å². The van der Waals surface area contributed by atoms with Crippen LogP contribution in [0.3, 0.4) is 0 Å². The first-order chi connectivity index (χ1) is 8.63. The zero-order chi connectivity index (χ0) is 13.6. The quantitative estimate of drug-likeness (QED) is 0.263. The number of hydrogen-bond acceptors (Lipinski definition) is 4. The predicted octanol–water partition coefficient (Wildman–Crippen LogP) is 2.70. The molecule has 0 rings (SSSR count). The highest BCUT2D eigenvalue weighted by molar-refractivity contribution is 8.76. The van der Waals surface area contributed by atoms with Crippen LogP contribution in [0.15, 0.2) is 24.3 Å². The number of rotatable bonds is 11. The Morgan fingerprint density at radius 3 is 1.50 bits per heavy atom. The Labute approximate surface area is 121 Å². The van der Waals surface area contributed by atoms with Crippen LogP contribution in [0.25, 0.3) is 0 Å². The lowest BCUT2D eigenvalue weighted by molar-refractivity contribution is 0.566. The molecule has 2 atom stereocenters. The van der Waals surface area contributed by atoms with Gasteiger partial charge in [-0.05, 0) is 12.8 Å². The van der Waals surface area contributed by atoms with Crippen molar-refractivity contribution in [2.75, 3.05) is 23.0 Å². The van der Waals surface area contributed by atoms with Gasteiger partial charge in [0.15, 0.2) is 22.2 Å². The number of allylic oxidation sites excluding steroid dienone is 2. The average molecular weight is 331 g/mol. The van der Waals surface area contributed by atoms with E-state index in [1.165, 1.54) is 0 Å². The van der Waals surface area contributed by atoms with Gasteiger partial charge in [0, 0.05) is 11.5 Å². The standard InChI is InChI=1S/C10H18O4S4/c11-17(12)9-5-1-3-7-15-16-8-4-2-6-10-18(13)14/h1-2,5-6H,3-4,7-10H2,(H,11,12)(H,13,14)/b5-1+,6-2+. The SMILES string of the molecule is O=S(O)C/C=C/CCSSCC/C=C/CS(=O)O. The summed E-state index contributed by atoms with van der Waals surface area (Å²) in [6, 6.07) is 0. The molecule has 0 amide bonds. The van der Waals surface area contributed by atoms with E-state index in [0.29, 0.717) is 0 Å². The lowest BCUT2D eigenvalue weighted by Gasteiger charge is -1.96. The molecule has 0 saturated carbocycles. The van der Waals surface area contributed by atoms with Crippen molar-refractivity contribution in [2.24, 2.45) is 0 Å². The fraction of sp³-hybridized carbons (Fsp3) is 0.600. The van der Waals surface area contributed by atoms with Crippen LogP contribution in [0, 0.1) is 0 Å². The summed E-state index contributed by atoms with van der Waals surface area (Å²) < 4.78 is 37.6. The number of hydrogen-bond donors (Lipinski definition) is 2. The molecule has 0 spiro atoms. The van der Waals surface area contributed by atoms with Gasteiger partial charge in [-0.3, -0.25) is 0 Å². The third-order valence-corrected chi connectivity index (χ3v) is 5.06. The predicted molar refractivity (Wildman–Crippen MR) is 83.7 cm³/mol. The Balaban J connectivity index is 3.21. The van der Waals surface area contributed by atoms with Gasteiger partial charge in [0.25, 0.3) is 0 Å². The molecule has 106 valence electrons. The molecule has 0 aliphatic carbocycles. The van der Waals surface area contributed by atoms with Gasteiger partial charge < -0.3 is 9.11 Å². The summed E-state index contributed by atoms with van der Waals surface area (Å²) in [5.41, 5.74) is 0. The summed E-state index contributed by atoms with van der Waals surface area (Å²) in [7, 11) is 3.52. The maximum absolute atomic E-state index is 10.3. The molecule has 18 heavy (non-hydrogen) atoms. The topological polar surface area (TPSA) is 74.6 Å². The van der Waals surface area contributed by atoms with Gasteiger partial charge in [-0.15, -0.1) is 0 Å². The first-order valence-corrected chi connectivity index (χ1v) is 10.4. The molecule has 0 bridgehead atoms. The van der Waals surface area contributed by atoms with E-state index in [4.69, 9.17) is 9.11 Å². The fourth-order valence-electron chi connectivity index (χ4n) is 0.887. The Hall–Kier alpha value is 0.400. The van der Waals surface area contributed by atoms with Crippen molar-refractivity contribution < 1.29 is 17.5 Å². The highest BCUT2D eigenvalue weighted by Gasteiger charge is 1.90. The van der Waals surface area contributed by atoms with E-state index in [1.54, 1.807) is 33.7 Å². The van der Waals surface area contributed by atoms with Crippen molar-refractivity contribution in [3.8, 4) is 0 Å². The van der Waals surface area contributed by atoms with Crippen LogP contribution in [-0.2, 0) is 22.2 Å². The third-order valence-electron chi connectivity index (χ3n) is 1.63. The highest BCUT2D eigenvalue weighted by atomic mass is 33.1. The van der Waals surface area contributed by atoms with Crippen LogP contribution in [0.4, 0.5) is 0 Å². The molecule has 2 N–H and O–H groups in total.